The number of nitrogens with one attached hydrogen (secondary N) is 1. The number of likely N-dealkylation sites (N-methyl/N-ethyl adjacent to an activating group) is 1. The second kappa shape index (κ2) is 6.96. The highest BCUT2D eigenvalue weighted by molar-refractivity contribution is 9.10. The number of alkyl halides is 1. The standard InChI is InChI=1S/C11H19BrN2O3/c1-3-8(12)11(16)14-5-6-17-7-9(14)10(15)13-4-2/h8-9H,3-7H2,1-2H3,(H,13,15). The van der Waals surface area contributed by atoms with Gasteiger partial charge in [-0.15, -0.1) is 0 Å². The second-order valence-corrected chi connectivity index (χ2v) is 5.00. The third-order valence-electron chi connectivity index (χ3n) is 2.69. The lowest BCUT2D eigenvalue weighted by Crippen LogP contribution is -2.57. The van der Waals surface area contributed by atoms with E-state index in [4.69, 9.17) is 4.74 Å². The minimum Gasteiger partial charge on any atom is -0.377 e. The molecule has 1 aliphatic heterocycles. The molecule has 2 unspecified atom stereocenters. The van der Waals surface area contributed by atoms with E-state index in [1.54, 1.807) is 4.90 Å². The van der Waals surface area contributed by atoms with E-state index < -0.39 is 6.04 Å². The van der Waals surface area contributed by atoms with E-state index in [-0.39, 0.29) is 23.2 Å². The zero-order valence-electron chi connectivity index (χ0n) is 10.2. The van der Waals surface area contributed by atoms with Crippen LogP contribution in [0.5, 0.6) is 0 Å². The molecule has 1 saturated heterocycles. The molecule has 0 aromatic carbocycles. The molecule has 1 rings (SSSR count). The summed E-state index contributed by atoms with van der Waals surface area (Å²) in [7, 11) is 0. The maximum absolute atomic E-state index is 12.1. The Labute approximate surface area is 110 Å². The summed E-state index contributed by atoms with van der Waals surface area (Å²) in [5, 5.41) is 2.73. The van der Waals surface area contributed by atoms with Crippen molar-refractivity contribution in [2.75, 3.05) is 26.3 Å². The second-order valence-electron chi connectivity index (χ2n) is 3.89. The highest BCUT2D eigenvalue weighted by Crippen LogP contribution is 2.15. The number of morpholine rings is 1. The molecular formula is C11H19BrN2O3. The summed E-state index contributed by atoms with van der Waals surface area (Å²) in [4.78, 5) is 25.3. The predicted molar refractivity (Wildman–Crippen MR) is 68.0 cm³/mol. The molecule has 1 heterocycles. The van der Waals surface area contributed by atoms with Gasteiger partial charge < -0.3 is 15.0 Å². The first-order chi connectivity index (χ1) is 8.11. The molecule has 98 valence electrons. The summed E-state index contributed by atoms with van der Waals surface area (Å²) < 4.78 is 5.27. The summed E-state index contributed by atoms with van der Waals surface area (Å²) in [5.41, 5.74) is 0. The Bertz CT molecular complexity index is 286. The van der Waals surface area contributed by atoms with Gasteiger partial charge in [-0.2, -0.15) is 0 Å². The zero-order valence-corrected chi connectivity index (χ0v) is 11.8. The third-order valence-corrected chi connectivity index (χ3v) is 3.73. The minimum atomic E-state index is -0.497. The Morgan fingerprint density at radius 1 is 1.53 bits per heavy atom. The van der Waals surface area contributed by atoms with Crippen LogP contribution in [0.3, 0.4) is 0 Å². The Kier molecular flexibility index (Phi) is 5.91. The van der Waals surface area contributed by atoms with E-state index in [1.807, 2.05) is 13.8 Å². The molecular weight excluding hydrogens is 288 g/mol. The van der Waals surface area contributed by atoms with Crippen molar-refractivity contribution in [3.8, 4) is 0 Å². The fourth-order valence-electron chi connectivity index (χ4n) is 1.73. The van der Waals surface area contributed by atoms with Crippen LogP contribution in [0.1, 0.15) is 20.3 Å². The van der Waals surface area contributed by atoms with Crippen molar-refractivity contribution in [3.05, 3.63) is 0 Å². The van der Waals surface area contributed by atoms with Gasteiger partial charge in [0.15, 0.2) is 0 Å². The molecule has 0 saturated carbocycles. The third kappa shape index (κ3) is 3.67. The van der Waals surface area contributed by atoms with Gasteiger partial charge in [0.2, 0.25) is 11.8 Å². The highest BCUT2D eigenvalue weighted by atomic mass is 79.9. The van der Waals surface area contributed by atoms with Crippen LogP contribution < -0.4 is 5.32 Å². The smallest absolute Gasteiger partial charge is 0.245 e. The van der Waals surface area contributed by atoms with E-state index in [9.17, 15) is 9.59 Å². The van der Waals surface area contributed by atoms with E-state index in [2.05, 4.69) is 21.2 Å². The topological polar surface area (TPSA) is 58.6 Å². The molecule has 6 heteroatoms. The minimum absolute atomic E-state index is 0.0351. The van der Waals surface area contributed by atoms with Gasteiger partial charge >= 0.3 is 0 Å². The van der Waals surface area contributed by atoms with E-state index in [1.165, 1.54) is 0 Å². The average Bonchev–Trinajstić information content (AvgIpc) is 2.37. The van der Waals surface area contributed by atoms with Crippen LogP contribution in [0.4, 0.5) is 0 Å². The van der Waals surface area contributed by atoms with E-state index in [0.717, 1.165) is 0 Å². The van der Waals surface area contributed by atoms with Crippen molar-refractivity contribution in [2.24, 2.45) is 0 Å². The fourth-order valence-corrected chi connectivity index (χ4v) is 1.99. The van der Waals surface area contributed by atoms with Crippen LogP contribution in [-0.4, -0.2) is 53.9 Å². The molecule has 0 bridgehead atoms. The number of ether oxygens (including phenoxy) is 1. The first-order valence-corrected chi connectivity index (χ1v) is 6.83. The van der Waals surface area contributed by atoms with Gasteiger partial charge in [0.1, 0.15) is 6.04 Å². The van der Waals surface area contributed by atoms with Crippen molar-refractivity contribution in [1.29, 1.82) is 0 Å². The van der Waals surface area contributed by atoms with Crippen molar-refractivity contribution < 1.29 is 14.3 Å². The predicted octanol–water partition coefficient (Wildman–Crippen LogP) is 0.523. The average molecular weight is 307 g/mol. The maximum atomic E-state index is 12.1. The summed E-state index contributed by atoms with van der Waals surface area (Å²) in [6, 6.07) is -0.497. The zero-order chi connectivity index (χ0) is 12.8. The van der Waals surface area contributed by atoms with Gasteiger partial charge in [-0.1, -0.05) is 22.9 Å². The molecule has 17 heavy (non-hydrogen) atoms. The summed E-state index contributed by atoms with van der Waals surface area (Å²) in [6.45, 7) is 5.59. The van der Waals surface area contributed by atoms with Crippen LogP contribution in [0, 0.1) is 0 Å². The normalized spacial score (nSPS) is 22.1. The first-order valence-electron chi connectivity index (χ1n) is 5.91. The van der Waals surface area contributed by atoms with Gasteiger partial charge in [-0.25, -0.2) is 0 Å². The van der Waals surface area contributed by atoms with Gasteiger partial charge in [-0.05, 0) is 13.3 Å². The molecule has 0 aromatic heterocycles. The lowest BCUT2D eigenvalue weighted by molar-refractivity contribution is -0.148. The fraction of sp³-hybridized carbons (Fsp3) is 0.818. The van der Waals surface area contributed by atoms with Crippen molar-refractivity contribution in [2.45, 2.75) is 31.1 Å². The lowest BCUT2D eigenvalue weighted by atomic mass is 10.1. The summed E-state index contributed by atoms with van der Waals surface area (Å²) in [6.07, 6.45) is 0.707. The van der Waals surface area contributed by atoms with Gasteiger partial charge in [-0.3, -0.25) is 9.59 Å². The number of halogens is 1. The van der Waals surface area contributed by atoms with Crippen LogP contribution in [0.25, 0.3) is 0 Å². The molecule has 0 spiro atoms. The molecule has 1 fully saturated rings. The largest absolute Gasteiger partial charge is 0.377 e. The molecule has 0 radical (unpaired) electrons. The molecule has 0 aromatic rings. The SMILES string of the molecule is CCNC(=O)C1COCCN1C(=O)C(Br)CC. The van der Waals surface area contributed by atoms with Crippen LogP contribution >= 0.6 is 15.9 Å². The maximum Gasteiger partial charge on any atom is 0.245 e. The Hall–Kier alpha value is -0.620. The molecule has 1 aliphatic rings. The van der Waals surface area contributed by atoms with E-state index >= 15 is 0 Å². The Morgan fingerprint density at radius 3 is 2.82 bits per heavy atom. The van der Waals surface area contributed by atoms with Gasteiger partial charge in [0.05, 0.1) is 18.0 Å². The van der Waals surface area contributed by atoms with Crippen molar-refractivity contribution in [3.63, 3.8) is 0 Å². The Balaban J connectivity index is 2.71. The quantitative estimate of drug-likeness (QED) is 0.771. The van der Waals surface area contributed by atoms with Crippen molar-refractivity contribution >= 4 is 27.7 Å². The monoisotopic (exact) mass is 306 g/mol. The number of rotatable bonds is 4. The lowest BCUT2D eigenvalue weighted by Gasteiger charge is -2.35. The molecule has 2 atom stereocenters. The number of hydrogen-bond donors (Lipinski definition) is 1. The van der Waals surface area contributed by atoms with E-state index in [0.29, 0.717) is 26.1 Å². The van der Waals surface area contributed by atoms with Crippen LogP contribution in [-0.2, 0) is 14.3 Å². The molecule has 0 aliphatic carbocycles. The first kappa shape index (κ1) is 14.4. The highest BCUT2D eigenvalue weighted by Gasteiger charge is 2.34. The van der Waals surface area contributed by atoms with Gasteiger partial charge in [0, 0.05) is 13.1 Å². The number of nitrogens with zero attached hydrogens (tertiary/aromatic N) is 1. The van der Waals surface area contributed by atoms with Gasteiger partial charge in [0.25, 0.3) is 0 Å². The number of hydrogen-bond acceptors (Lipinski definition) is 3. The molecule has 1 N–H and O–H groups in total. The number of carbonyl (C=O) groups excluding carboxylic acids is 2. The number of carbonyl (C=O) groups is 2. The molecule has 2 amide bonds. The van der Waals surface area contributed by atoms with Crippen LogP contribution in [0.2, 0.25) is 0 Å². The van der Waals surface area contributed by atoms with Crippen molar-refractivity contribution in [1.82, 2.24) is 10.2 Å². The summed E-state index contributed by atoms with van der Waals surface area (Å²) >= 11 is 3.33. The molecule has 5 nitrogen and oxygen atoms in total. The van der Waals surface area contributed by atoms with Crippen LogP contribution in [0.15, 0.2) is 0 Å². The summed E-state index contributed by atoms with van der Waals surface area (Å²) in [5.74, 6) is -0.177. The number of amides is 2. The Morgan fingerprint density at radius 2 is 2.24 bits per heavy atom.